The molecule has 0 bridgehead atoms. The summed E-state index contributed by atoms with van der Waals surface area (Å²) in [7, 11) is 0. The number of fused-ring (bicyclic) bond motifs is 3. The summed E-state index contributed by atoms with van der Waals surface area (Å²) in [5.41, 5.74) is -0.173. The van der Waals surface area contributed by atoms with E-state index in [0.29, 0.717) is 5.69 Å². The SMILES string of the molecule is N#C[C@@H](c1cc2ccccc2cn1)c1ccc2c(c1[N+](=O)[O-])C(=O)c1ccccc1C2=O. The van der Waals surface area contributed by atoms with E-state index >= 15 is 0 Å². The molecule has 0 saturated carbocycles. The Kier molecular flexibility index (Phi) is 4.35. The van der Waals surface area contributed by atoms with E-state index in [2.05, 4.69) is 11.1 Å². The van der Waals surface area contributed by atoms with Crippen LogP contribution in [-0.2, 0) is 0 Å². The third-order valence-corrected chi connectivity index (χ3v) is 5.67. The molecule has 3 aromatic carbocycles. The van der Waals surface area contributed by atoms with Gasteiger partial charge in [0.2, 0.25) is 5.78 Å². The van der Waals surface area contributed by atoms with Crippen LogP contribution in [0.4, 0.5) is 5.69 Å². The molecule has 1 aliphatic carbocycles. The van der Waals surface area contributed by atoms with E-state index in [4.69, 9.17) is 0 Å². The molecule has 0 amide bonds. The van der Waals surface area contributed by atoms with Gasteiger partial charge in [-0.3, -0.25) is 24.7 Å². The second kappa shape index (κ2) is 7.22. The minimum atomic E-state index is -1.09. The maximum Gasteiger partial charge on any atom is 0.286 e. The molecule has 152 valence electrons. The van der Waals surface area contributed by atoms with Gasteiger partial charge >= 0.3 is 0 Å². The second-order valence-corrected chi connectivity index (χ2v) is 7.41. The van der Waals surface area contributed by atoms with Crippen molar-refractivity contribution in [3.05, 3.63) is 117 Å². The van der Waals surface area contributed by atoms with Crippen LogP contribution in [0.5, 0.6) is 0 Å². The molecule has 1 atom stereocenters. The van der Waals surface area contributed by atoms with Crippen molar-refractivity contribution in [1.29, 1.82) is 5.26 Å². The van der Waals surface area contributed by atoms with Gasteiger partial charge in [0.15, 0.2) is 5.78 Å². The molecular formula is C25H13N3O4. The normalized spacial score (nSPS) is 13.2. The average Bonchev–Trinajstić information content (AvgIpc) is 2.82. The highest BCUT2D eigenvalue weighted by Gasteiger charge is 2.39. The maximum atomic E-state index is 13.2. The Hall–Kier alpha value is -4.70. The summed E-state index contributed by atoms with van der Waals surface area (Å²) in [6, 6.07) is 20.2. The Morgan fingerprint density at radius 1 is 0.875 bits per heavy atom. The van der Waals surface area contributed by atoms with Gasteiger partial charge in [0.1, 0.15) is 11.5 Å². The van der Waals surface area contributed by atoms with Gasteiger partial charge < -0.3 is 0 Å². The topological polar surface area (TPSA) is 114 Å². The van der Waals surface area contributed by atoms with Crippen molar-refractivity contribution < 1.29 is 14.5 Å². The molecule has 0 saturated heterocycles. The molecule has 7 nitrogen and oxygen atoms in total. The van der Waals surface area contributed by atoms with Crippen LogP contribution in [0.2, 0.25) is 0 Å². The minimum absolute atomic E-state index is 0.0274. The Morgan fingerprint density at radius 2 is 1.53 bits per heavy atom. The number of nitrogens with zero attached hydrogens (tertiary/aromatic N) is 3. The zero-order valence-electron chi connectivity index (χ0n) is 16.5. The van der Waals surface area contributed by atoms with Gasteiger partial charge in [0, 0.05) is 28.3 Å². The van der Waals surface area contributed by atoms with E-state index in [1.807, 2.05) is 24.3 Å². The number of hydrogen-bond acceptors (Lipinski definition) is 6. The standard InChI is InChI=1S/C25H13N3O4/c26-12-20(21-11-14-5-1-2-6-15(14)13-27-21)16-9-10-19-22(23(16)28(31)32)25(30)18-8-4-3-7-17(18)24(19)29/h1-11,13,20H/t20-/m1/s1. The van der Waals surface area contributed by atoms with E-state index in [1.54, 1.807) is 24.4 Å². The number of aromatic nitrogens is 1. The van der Waals surface area contributed by atoms with E-state index in [9.17, 15) is 25.0 Å². The molecule has 4 aromatic rings. The summed E-state index contributed by atoms with van der Waals surface area (Å²) < 4.78 is 0. The van der Waals surface area contributed by atoms with E-state index in [0.717, 1.165) is 10.8 Å². The van der Waals surface area contributed by atoms with Crippen molar-refractivity contribution in [1.82, 2.24) is 4.98 Å². The Labute approximate surface area is 181 Å². The molecule has 0 aliphatic heterocycles. The molecule has 7 heteroatoms. The Balaban J connectivity index is 1.74. The quantitative estimate of drug-likeness (QED) is 0.312. The highest BCUT2D eigenvalue weighted by Crippen LogP contribution is 2.39. The molecule has 0 fully saturated rings. The van der Waals surface area contributed by atoms with Crippen LogP contribution < -0.4 is 0 Å². The molecule has 0 unspecified atom stereocenters. The minimum Gasteiger partial charge on any atom is -0.289 e. The van der Waals surface area contributed by atoms with Gasteiger partial charge in [-0.15, -0.1) is 0 Å². The molecular weight excluding hydrogens is 406 g/mol. The van der Waals surface area contributed by atoms with Crippen molar-refractivity contribution in [3.8, 4) is 6.07 Å². The summed E-state index contributed by atoms with van der Waals surface area (Å²) in [5, 5.41) is 23.8. The highest BCUT2D eigenvalue weighted by molar-refractivity contribution is 6.29. The highest BCUT2D eigenvalue weighted by atomic mass is 16.6. The van der Waals surface area contributed by atoms with Crippen LogP contribution in [0.1, 0.15) is 49.0 Å². The monoisotopic (exact) mass is 419 g/mol. The van der Waals surface area contributed by atoms with E-state index in [1.165, 1.54) is 24.3 Å². The fraction of sp³-hybridized carbons (Fsp3) is 0.0400. The van der Waals surface area contributed by atoms with Gasteiger partial charge in [-0.2, -0.15) is 5.26 Å². The lowest BCUT2D eigenvalue weighted by Gasteiger charge is -2.19. The number of ketones is 2. The lowest BCUT2D eigenvalue weighted by Crippen LogP contribution is -2.23. The molecule has 0 radical (unpaired) electrons. The first-order chi connectivity index (χ1) is 15.5. The van der Waals surface area contributed by atoms with Crippen molar-refractivity contribution in [2.45, 2.75) is 5.92 Å². The molecule has 1 heterocycles. The zero-order valence-corrected chi connectivity index (χ0v) is 16.5. The number of hydrogen-bond donors (Lipinski definition) is 0. The first-order valence-corrected chi connectivity index (χ1v) is 9.75. The van der Waals surface area contributed by atoms with Gasteiger partial charge in [-0.25, -0.2) is 0 Å². The van der Waals surface area contributed by atoms with Crippen molar-refractivity contribution >= 4 is 28.0 Å². The van der Waals surface area contributed by atoms with Gasteiger partial charge in [-0.1, -0.05) is 48.5 Å². The number of carbonyl (C=O) groups is 2. The van der Waals surface area contributed by atoms with Gasteiger partial charge in [0.25, 0.3) is 5.69 Å². The van der Waals surface area contributed by atoms with Gasteiger partial charge in [0.05, 0.1) is 22.2 Å². The second-order valence-electron chi connectivity index (χ2n) is 7.41. The number of benzene rings is 3. The average molecular weight is 419 g/mol. The van der Waals surface area contributed by atoms with Crippen LogP contribution in [0.15, 0.2) is 72.9 Å². The smallest absolute Gasteiger partial charge is 0.286 e. The largest absolute Gasteiger partial charge is 0.289 e. The van der Waals surface area contributed by atoms with Crippen LogP contribution in [0.25, 0.3) is 10.8 Å². The maximum absolute atomic E-state index is 13.2. The lowest BCUT2D eigenvalue weighted by molar-refractivity contribution is -0.385. The molecule has 1 aromatic heterocycles. The predicted octanol–water partition coefficient (Wildman–Crippen LogP) is 4.57. The zero-order chi connectivity index (χ0) is 22.4. The number of pyridine rings is 1. The lowest BCUT2D eigenvalue weighted by atomic mass is 9.80. The Morgan fingerprint density at radius 3 is 2.22 bits per heavy atom. The van der Waals surface area contributed by atoms with Gasteiger partial charge in [-0.05, 0) is 23.6 Å². The third-order valence-electron chi connectivity index (χ3n) is 5.67. The Bertz CT molecular complexity index is 1520. The van der Waals surface area contributed by atoms with Crippen LogP contribution in [0.3, 0.4) is 0 Å². The number of nitro benzene ring substituents is 1. The van der Waals surface area contributed by atoms with Crippen LogP contribution in [0, 0.1) is 21.4 Å². The summed E-state index contributed by atoms with van der Waals surface area (Å²) in [6.45, 7) is 0. The van der Waals surface area contributed by atoms with Crippen molar-refractivity contribution in [2.75, 3.05) is 0 Å². The van der Waals surface area contributed by atoms with Crippen LogP contribution in [-0.4, -0.2) is 21.5 Å². The first-order valence-electron chi connectivity index (χ1n) is 9.75. The van der Waals surface area contributed by atoms with E-state index < -0.39 is 28.1 Å². The van der Waals surface area contributed by atoms with Crippen molar-refractivity contribution in [3.63, 3.8) is 0 Å². The molecule has 0 spiro atoms. The van der Waals surface area contributed by atoms with Crippen molar-refractivity contribution in [2.24, 2.45) is 0 Å². The first kappa shape index (κ1) is 19.3. The fourth-order valence-corrected chi connectivity index (χ4v) is 4.17. The fourth-order valence-electron chi connectivity index (χ4n) is 4.17. The summed E-state index contributed by atoms with van der Waals surface area (Å²) in [4.78, 5) is 41.9. The van der Waals surface area contributed by atoms with Crippen LogP contribution >= 0.6 is 0 Å². The van der Waals surface area contributed by atoms with E-state index in [-0.39, 0.29) is 27.8 Å². The number of carbonyl (C=O) groups excluding carboxylic acids is 2. The number of nitro groups is 1. The summed E-state index contributed by atoms with van der Waals surface area (Å²) in [6.07, 6.45) is 1.60. The number of nitriles is 1. The third kappa shape index (κ3) is 2.78. The molecule has 0 N–H and O–H groups in total. The summed E-state index contributed by atoms with van der Waals surface area (Å²) in [5.74, 6) is -2.15. The molecule has 32 heavy (non-hydrogen) atoms. The number of rotatable bonds is 3. The molecule has 5 rings (SSSR count). The summed E-state index contributed by atoms with van der Waals surface area (Å²) >= 11 is 0. The molecule has 1 aliphatic rings. The predicted molar refractivity (Wildman–Crippen MR) is 116 cm³/mol.